The Hall–Kier alpha value is -2.33. The summed E-state index contributed by atoms with van der Waals surface area (Å²) in [6, 6.07) is 20.0. The molecule has 4 heteroatoms. The number of benzene rings is 2. The molecule has 122 valence electrons. The molecule has 1 amide bonds. The highest BCUT2D eigenvalue weighted by atomic mass is 16.7. The molecule has 0 spiro atoms. The van der Waals surface area contributed by atoms with Crippen LogP contribution in [-0.2, 0) is 22.6 Å². The van der Waals surface area contributed by atoms with Gasteiger partial charge < -0.3 is 4.74 Å². The van der Waals surface area contributed by atoms with Gasteiger partial charge in [-0.1, -0.05) is 60.7 Å². The van der Waals surface area contributed by atoms with E-state index in [1.165, 1.54) is 10.6 Å². The maximum absolute atomic E-state index is 12.0. The van der Waals surface area contributed by atoms with Crippen molar-refractivity contribution in [2.24, 2.45) is 0 Å². The lowest BCUT2D eigenvalue weighted by atomic mass is 10.1. The lowest BCUT2D eigenvalue weighted by Crippen LogP contribution is -2.33. The number of hydroxylamine groups is 2. The fourth-order valence-corrected chi connectivity index (χ4v) is 2.20. The Kier molecular flexibility index (Phi) is 7.14. The van der Waals surface area contributed by atoms with E-state index in [2.05, 4.69) is 12.1 Å². The zero-order valence-electron chi connectivity index (χ0n) is 13.5. The van der Waals surface area contributed by atoms with Gasteiger partial charge >= 0.3 is 6.09 Å². The molecule has 0 N–H and O–H groups in total. The number of hydrogen-bond acceptors (Lipinski definition) is 3. The van der Waals surface area contributed by atoms with Crippen molar-refractivity contribution in [3.05, 3.63) is 71.8 Å². The summed E-state index contributed by atoms with van der Waals surface area (Å²) in [6.45, 7) is 2.98. The number of hydrogen-bond donors (Lipinski definition) is 0. The predicted molar refractivity (Wildman–Crippen MR) is 89.7 cm³/mol. The largest absolute Gasteiger partial charge is 0.448 e. The molecule has 0 aliphatic rings. The third kappa shape index (κ3) is 6.12. The fourth-order valence-electron chi connectivity index (χ4n) is 2.20. The molecule has 0 bridgehead atoms. The third-order valence-corrected chi connectivity index (χ3v) is 3.37. The van der Waals surface area contributed by atoms with E-state index in [1.54, 1.807) is 6.92 Å². The summed E-state index contributed by atoms with van der Waals surface area (Å²) in [7, 11) is 0. The predicted octanol–water partition coefficient (Wildman–Crippen LogP) is 4.21. The first kappa shape index (κ1) is 17.0. The minimum absolute atomic E-state index is 0.336. The van der Waals surface area contributed by atoms with Gasteiger partial charge in [0.15, 0.2) is 0 Å². The topological polar surface area (TPSA) is 38.8 Å². The van der Waals surface area contributed by atoms with Crippen molar-refractivity contribution in [1.29, 1.82) is 0 Å². The lowest BCUT2D eigenvalue weighted by Gasteiger charge is -2.21. The van der Waals surface area contributed by atoms with Crippen molar-refractivity contribution in [3.63, 3.8) is 0 Å². The Labute approximate surface area is 137 Å². The first-order chi connectivity index (χ1) is 11.3. The highest BCUT2D eigenvalue weighted by Gasteiger charge is 2.15. The van der Waals surface area contributed by atoms with Gasteiger partial charge in [0, 0.05) is 0 Å². The molecule has 0 aromatic heterocycles. The Balaban J connectivity index is 1.85. The van der Waals surface area contributed by atoms with Crippen LogP contribution in [0.4, 0.5) is 4.79 Å². The van der Waals surface area contributed by atoms with Gasteiger partial charge in [0.1, 0.15) is 6.61 Å². The smallest absolute Gasteiger partial charge is 0.433 e. The van der Waals surface area contributed by atoms with E-state index in [9.17, 15) is 4.79 Å². The summed E-state index contributed by atoms with van der Waals surface area (Å²) in [6.07, 6.45) is 1.28. The Bertz CT molecular complexity index is 572. The SMILES string of the molecule is CCOC(=O)N(CCCc1ccccc1)OCc1ccccc1. The average molecular weight is 313 g/mol. The first-order valence-corrected chi connectivity index (χ1v) is 7.94. The highest BCUT2D eigenvalue weighted by molar-refractivity contribution is 5.66. The van der Waals surface area contributed by atoms with Crippen LogP contribution in [0.2, 0.25) is 0 Å². The van der Waals surface area contributed by atoms with E-state index in [0.717, 1.165) is 18.4 Å². The number of nitrogens with zero attached hydrogens (tertiary/aromatic N) is 1. The molecular formula is C19H23NO3. The molecule has 4 nitrogen and oxygen atoms in total. The average Bonchev–Trinajstić information content (AvgIpc) is 2.60. The highest BCUT2D eigenvalue weighted by Crippen LogP contribution is 2.08. The standard InChI is InChI=1S/C19H23NO3/c1-2-22-19(21)20(23-16-18-12-7-4-8-13-18)15-9-14-17-10-5-3-6-11-17/h3-8,10-13H,2,9,14-16H2,1H3. The van der Waals surface area contributed by atoms with E-state index < -0.39 is 6.09 Å². The van der Waals surface area contributed by atoms with Crippen LogP contribution in [0, 0.1) is 0 Å². The summed E-state index contributed by atoms with van der Waals surface area (Å²) < 4.78 is 5.06. The van der Waals surface area contributed by atoms with Crippen LogP contribution in [0.3, 0.4) is 0 Å². The molecular weight excluding hydrogens is 290 g/mol. The summed E-state index contributed by atoms with van der Waals surface area (Å²) in [5.41, 5.74) is 2.27. The number of amides is 1. The molecule has 0 radical (unpaired) electrons. The monoisotopic (exact) mass is 313 g/mol. The van der Waals surface area contributed by atoms with Crippen molar-refractivity contribution >= 4 is 6.09 Å². The fraction of sp³-hybridized carbons (Fsp3) is 0.316. The van der Waals surface area contributed by atoms with Crippen molar-refractivity contribution < 1.29 is 14.4 Å². The summed E-state index contributed by atoms with van der Waals surface area (Å²) in [4.78, 5) is 17.6. The summed E-state index contributed by atoms with van der Waals surface area (Å²) in [5, 5.41) is 1.32. The van der Waals surface area contributed by atoms with Crippen LogP contribution in [0.15, 0.2) is 60.7 Å². The van der Waals surface area contributed by atoms with Gasteiger partial charge in [0.2, 0.25) is 0 Å². The Morgan fingerprint density at radius 1 is 0.957 bits per heavy atom. The lowest BCUT2D eigenvalue weighted by molar-refractivity contribution is -0.146. The van der Waals surface area contributed by atoms with Gasteiger partial charge in [-0.3, -0.25) is 4.84 Å². The van der Waals surface area contributed by atoms with Gasteiger partial charge in [-0.05, 0) is 30.9 Å². The second kappa shape index (κ2) is 9.64. The molecule has 0 heterocycles. The Morgan fingerprint density at radius 3 is 2.17 bits per heavy atom. The third-order valence-electron chi connectivity index (χ3n) is 3.37. The van der Waals surface area contributed by atoms with Gasteiger partial charge in [-0.15, -0.1) is 0 Å². The van der Waals surface area contributed by atoms with Gasteiger partial charge in [-0.25, -0.2) is 4.79 Å². The maximum Gasteiger partial charge on any atom is 0.433 e. The molecule has 0 aliphatic heterocycles. The molecule has 0 fully saturated rings. The molecule has 0 saturated carbocycles. The van der Waals surface area contributed by atoms with E-state index in [4.69, 9.17) is 9.57 Å². The summed E-state index contributed by atoms with van der Waals surface area (Å²) in [5.74, 6) is 0. The number of ether oxygens (including phenoxy) is 1. The molecule has 23 heavy (non-hydrogen) atoms. The minimum atomic E-state index is -0.434. The van der Waals surface area contributed by atoms with E-state index in [0.29, 0.717) is 19.8 Å². The number of carbonyl (C=O) groups excluding carboxylic acids is 1. The van der Waals surface area contributed by atoms with Crippen molar-refractivity contribution in [2.45, 2.75) is 26.4 Å². The normalized spacial score (nSPS) is 10.3. The molecule has 2 aromatic rings. The van der Waals surface area contributed by atoms with Crippen LogP contribution in [0.25, 0.3) is 0 Å². The number of rotatable bonds is 8. The van der Waals surface area contributed by atoms with Crippen molar-refractivity contribution in [3.8, 4) is 0 Å². The second-order valence-corrected chi connectivity index (χ2v) is 5.15. The van der Waals surface area contributed by atoms with Crippen molar-refractivity contribution in [2.75, 3.05) is 13.2 Å². The van der Waals surface area contributed by atoms with Crippen LogP contribution >= 0.6 is 0 Å². The van der Waals surface area contributed by atoms with Gasteiger partial charge in [-0.2, -0.15) is 5.06 Å². The molecule has 2 aromatic carbocycles. The van der Waals surface area contributed by atoms with Crippen molar-refractivity contribution in [1.82, 2.24) is 5.06 Å². The van der Waals surface area contributed by atoms with Crippen LogP contribution in [0.5, 0.6) is 0 Å². The molecule has 2 rings (SSSR count). The number of aryl methyl sites for hydroxylation is 1. The van der Waals surface area contributed by atoms with Crippen LogP contribution < -0.4 is 0 Å². The van der Waals surface area contributed by atoms with E-state index in [-0.39, 0.29) is 0 Å². The maximum atomic E-state index is 12.0. The molecule has 0 atom stereocenters. The zero-order chi connectivity index (χ0) is 16.3. The molecule has 0 aliphatic carbocycles. The van der Waals surface area contributed by atoms with E-state index >= 15 is 0 Å². The van der Waals surface area contributed by atoms with Crippen LogP contribution in [0.1, 0.15) is 24.5 Å². The zero-order valence-corrected chi connectivity index (χ0v) is 13.5. The van der Waals surface area contributed by atoms with Gasteiger partial charge in [0.25, 0.3) is 0 Å². The molecule has 0 saturated heterocycles. The minimum Gasteiger partial charge on any atom is -0.448 e. The first-order valence-electron chi connectivity index (χ1n) is 7.94. The quantitative estimate of drug-likeness (QED) is 0.685. The molecule has 0 unspecified atom stereocenters. The Morgan fingerprint density at radius 2 is 1.57 bits per heavy atom. The summed E-state index contributed by atoms with van der Waals surface area (Å²) >= 11 is 0. The second-order valence-electron chi connectivity index (χ2n) is 5.15. The number of carbonyl (C=O) groups is 1. The van der Waals surface area contributed by atoms with Gasteiger partial charge in [0.05, 0.1) is 13.2 Å². The van der Waals surface area contributed by atoms with Crippen LogP contribution in [-0.4, -0.2) is 24.3 Å². The van der Waals surface area contributed by atoms with E-state index in [1.807, 2.05) is 48.5 Å².